The molecule has 2 aromatic carbocycles. The van der Waals surface area contributed by atoms with Gasteiger partial charge in [0.15, 0.2) is 5.82 Å². The maximum Gasteiger partial charge on any atom is 1.00 e. The van der Waals surface area contributed by atoms with Gasteiger partial charge in [0.25, 0.3) is 0 Å². The van der Waals surface area contributed by atoms with E-state index in [4.69, 9.17) is 0 Å². The Morgan fingerprint density at radius 1 is 1.05 bits per heavy atom. The van der Waals surface area contributed by atoms with Gasteiger partial charge < -0.3 is 20.1 Å². The molecule has 0 aliphatic rings. The minimum Gasteiger partial charge on any atom is -0.550 e. The molecular formula is C26H25F2N4NaO4. The van der Waals surface area contributed by atoms with Crippen LogP contribution in [-0.2, 0) is 4.79 Å². The van der Waals surface area contributed by atoms with Gasteiger partial charge in [-0.15, -0.1) is 10.8 Å². The number of hydrogen-bond acceptors (Lipinski definition) is 7. The van der Waals surface area contributed by atoms with Crippen molar-refractivity contribution >= 4 is 17.1 Å². The quantitative estimate of drug-likeness (QED) is 0.210. The molecule has 3 rings (SSSR count). The number of carbonyl (C=O) groups is 1. The monoisotopic (exact) mass is 518 g/mol. The van der Waals surface area contributed by atoms with Gasteiger partial charge in [-0.3, -0.25) is 0 Å². The predicted molar refractivity (Wildman–Crippen MR) is 126 cm³/mol. The van der Waals surface area contributed by atoms with Crippen LogP contribution in [0.2, 0.25) is 0 Å². The summed E-state index contributed by atoms with van der Waals surface area (Å²) in [6.07, 6.45) is -0.559. The Morgan fingerprint density at radius 3 is 2.08 bits per heavy atom. The second kappa shape index (κ2) is 14.1. The van der Waals surface area contributed by atoms with E-state index in [1.807, 2.05) is 13.8 Å². The van der Waals surface area contributed by atoms with Crippen LogP contribution in [0.1, 0.15) is 49.7 Å². The van der Waals surface area contributed by atoms with Crippen molar-refractivity contribution in [3.8, 4) is 0 Å². The van der Waals surface area contributed by atoms with E-state index < -0.39 is 36.2 Å². The van der Waals surface area contributed by atoms with Crippen LogP contribution >= 0.6 is 0 Å². The van der Waals surface area contributed by atoms with Crippen LogP contribution < -0.4 is 34.7 Å². The first-order valence-corrected chi connectivity index (χ1v) is 11.2. The van der Waals surface area contributed by atoms with Gasteiger partial charge in [0.05, 0.1) is 18.2 Å². The number of hydrogen-bond donors (Lipinski definition) is 2. The fourth-order valence-electron chi connectivity index (χ4n) is 3.54. The van der Waals surface area contributed by atoms with E-state index in [2.05, 4.69) is 21.3 Å². The number of allylic oxidation sites excluding steroid dienone is 1. The van der Waals surface area contributed by atoms with Gasteiger partial charge in [-0.1, -0.05) is 24.3 Å². The molecule has 0 amide bonds. The third kappa shape index (κ3) is 8.53. The summed E-state index contributed by atoms with van der Waals surface area (Å²) in [5, 5.41) is 42.6. The van der Waals surface area contributed by atoms with Gasteiger partial charge in [-0.2, -0.15) is 0 Å². The van der Waals surface area contributed by atoms with E-state index in [9.17, 15) is 28.9 Å². The molecule has 37 heavy (non-hydrogen) atoms. The van der Waals surface area contributed by atoms with E-state index in [1.165, 1.54) is 36.4 Å². The number of aliphatic hydroxyl groups excluding tert-OH is 2. The third-order valence-electron chi connectivity index (χ3n) is 5.19. The Hall–Kier alpha value is -2.98. The average Bonchev–Trinajstić information content (AvgIpc) is 3.30. The standard InChI is InChI=1S/C26H26F2N4O4.Na/c1-16(2)32-26(29-30-31-32)23(5-3-4-21(33)14-22(34)15-24(35)36)25(17-6-10-19(27)11-7-17)18-8-12-20(28)13-9-18;/h4-13,16,21-22,33-34H,14-15H2,1-2H3,(H,35,36);/q;+1/p-1/t3?,21-,22-;/m1./s1. The molecule has 1 aromatic heterocycles. The first-order valence-electron chi connectivity index (χ1n) is 11.2. The minimum atomic E-state index is -1.43. The zero-order valence-corrected chi connectivity index (χ0v) is 22.7. The van der Waals surface area contributed by atoms with E-state index in [0.717, 1.165) is 0 Å². The number of tetrazole rings is 1. The van der Waals surface area contributed by atoms with Crippen LogP contribution in [0.4, 0.5) is 8.78 Å². The van der Waals surface area contributed by atoms with Crippen molar-refractivity contribution < 1.29 is 58.5 Å². The summed E-state index contributed by atoms with van der Waals surface area (Å²) in [5.74, 6) is -1.94. The van der Waals surface area contributed by atoms with Crippen molar-refractivity contribution in [2.75, 3.05) is 0 Å². The van der Waals surface area contributed by atoms with Gasteiger partial charge in [0.1, 0.15) is 11.6 Å². The molecule has 3 aromatic rings. The zero-order valence-electron chi connectivity index (χ0n) is 20.7. The Balaban J connectivity index is 0.00000481. The number of carboxylic acid groups (broad SMARTS) is 1. The van der Waals surface area contributed by atoms with Gasteiger partial charge in [0, 0.05) is 30.0 Å². The number of halogens is 2. The number of nitrogens with zero attached hydrogens (tertiary/aromatic N) is 4. The Labute approximate surface area is 234 Å². The van der Waals surface area contributed by atoms with Crippen molar-refractivity contribution in [3.63, 3.8) is 0 Å². The van der Waals surface area contributed by atoms with E-state index >= 15 is 0 Å². The van der Waals surface area contributed by atoms with Crippen LogP contribution in [-0.4, -0.2) is 48.6 Å². The van der Waals surface area contributed by atoms with Crippen LogP contribution in [0.3, 0.4) is 0 Å². The number of carbonyl (C=O) groups excluding carboxylic acids is 1. The topological polar surface area (TPSA) is 124 Å². The Morgan fingerprint density at radius 2 is 1.59 bits per heavy atom. The molecule has 188 valence electrons. The fraction of sp³-hybridized carbons (Fsp3) is 0.269. The molecule has 0 saturated heterocycles. The fourth-order valence-corrected chi connectivity index (χ4v) is 3.54. The molecule has 0 radical (unpaired) electrons. The molecule has 8 nitrogen and oxygen atoms in total. The molecule has 1 heterocycles. The van der Waals surface area contributed by atoms with Crippen LogP contribution in [0, 0.1) is 11.6 Å². The number of rotatable bonds is 10. The van der Waals surface area contributed by atoms with E-state index in [1.54, 1.807) is 28.9 Å². The second-order valence-corrected chi connectivity index (χ2v) is 8.35. The van der Waals surface area contributed by atoms with Gasteiger partial charge in [0.2, 0.25) is 0 Å². The molecule has 0 aliphatic heterocycles. The van der Waals surface area contributed by atoms with Crippen molar-refractivity contribution in [1.82, 2.24) is 20.2 Å². The maximum atomic E-state index is 13.7. The van der Waals surface area contributed by atoms with Crippen LogP contribution in [0.15, 0.2) is 66.4 Å². The summed E-state index contributed by atoms with van der Waals surface area (Å²) in [6.45, 7) is 3.77. The Kier molecular flexibility index (Phi) is 11.5. The number of benzene rings is 2. The zero-order chi connectivity index (χ0) is 26.2. The molecule has 0 bridgehead atoms. The molecule has 0 aliphatic carbocycles. The number of aliphatic carboxylic acids is 1. The normalized spacial score (nSPS) is 12.2. The predicted octanol–water partition coefficient (Wildman–Crippen LogP) is -0.541. The van der Waals surface area contributed by atoms with Crippen molar-refractivity contribution in [2.45, 2.75) is 44.9 Å². The summed E-state index contributed by atoms with van der Waals surface area (Å²) >= 11 is 0. The summed E-state index contributed by atoms with van der Waals surface area (Å²) in [4.78, 5) is 10.6. The van der Waals surface area contributed by atoms with Gasteiger partial charge in [-0.25, -0.2) is 13.5 Å². The van der Waals surface area contributed by atoms with E-state index in [0.29, 0.717) is 28.1 Å². The van der Waals surface area contributed by atoms with Crippen molar-refractivity contribution in [3.05, 3.63) is 95.0 Å². The van der Waals surface area contributed by atoms with Crippen molar-refractivity contribution in [2.24, 2.45) is 0 Å². The van der Waals surface area contributed by atoms with E-state index in [-0.39, 0.29) is 42.0 Å². The maximum absolute atomic E-state index is 13.7. The summed E-state index contributed by atoms with van der Waals surface area (Å²) in [5.41, 5.74) is 5.05. The molecular weight excluding hydrogens is 493 g/mol. The molecule has 0 saturated carbocycles. The molecule has 11 heteroatoms. The molecule has 0 unspecified atom stereocenters. The smallest absolute Gasteiger partial charge is 0.550 e. The number of aliphatic hydroxyl groups is 2. The number of carboxylic acids is 1. The largest absolute Gasteiger partial charge is 1.00 e. The first-order chi connectivity index (χ1) is 17.2. The Bertz CT molecular complexity index is 1240. The first kappa shape index (κ1) is 30.2. The third-order valence-corrected chi connectivity index (χ3v) is 5.19. The van der Waals surface area contributed by atoms with Gasteiger partial charge in [-0.05, 0) is 71.8 Å². The molecule has 2 atom stereocenters. The van der Waals surface area contributed by atoms with Gasteiger partial charge >= 0.3 is 29.6 Å². The second-order valence-electron chi connectivity index (χ2n) is 8.35. The minimum absolute atomic E-state index is 0. The average molecular weight is 518 g/mol. The summed E-state index contributed by atoms with van der Waals surface area (Å²) < 4.78 is 29.0. The molecule has 0 spiro atoms. The van der Waals surface area contributed by atoms with Crippen LogP contribution in [0.5, 0.6) is 0 Å². The summed E-state index contributed by atoms with van der Waals surface area (Å²) in [7, 11) is 0. The molecule has 2 N–H and O–H groups in total. The molecule has 0 fully saturated rings. The van der Waals surface area contributed by atoms with Crippen molar-refractivity contribution in [1.29, 1.82) is 0 Å². The SMILES string of the molecule is CC(C)n1nnnc1C(C=C=C[C@@H](O)C[C@@H](O)CC(=O)[O-])=C(c1ccc(F)cc1)c1ccc(F)cc1.[Na+]. The number of aromatic nitrogens is 4. The summed E-state index contributed by atoms with van der Waals surface area (Å²) in [6, 6.07) is 11.3. The van der Waals surface area contributed by atoms with Crippen LogP contribution in [0.25, 0.3) is 11.1 Å².